The van der Waals surface area contributed by atoms with Crippen molar-refractivity contribution in [2.45, 2.75) is 19.4 Å². The van der Waals surface area contributed by atoms with Crippen molar-refractivity contribution in [1.29, 1.82) is 0 Å². The second-order valence-corrected chi connectivity index (χ2v) is 5.24. The molecule has 2 N–H and O–H groups in total. The van der Waals surface area contributed by atoms with Gasteiger partial charge in [0.15, 0.2) is 0 Å². The Bertz CT molecular complexity index is 591. The fraction of sp³-hybridized carbons (Fsp3) is 0.438. The highest BCUT2D eigenvalue weighted by atomic mass is 19.1. The first-order valence-corrected chi connectivity index (χ1v) is 6.89. The molecule has 1 aliphatic rings. The van der Waals surface area contributed by atoms with E-state index in [4.69, 9.17) is 5.11 Å². The summed E-state index contributed by atoms with van der Waals surface area (Å²) in [4.78, 5) is 13.8. The molecule has 1 aromatic carbocycles. The molecule has 0 aromatic heterocycles. The van der Waals surface area contributed by atoms with Crippen molar-refractivity contribution < 1.29 is 19.4 Å². The average Bonchev–Trinajstić information content (AvgIpc) is 2.48. The first-order chi connectivity index (χ1) is 10.0. The van der Waals surface area contributed by atoms with E-state index in [0.717, 1.165) is 12.5 Å². The van der Waals surface area contributed by atoms with E-state index in [2.05, 4.69) is 11.8 Å². The lowest BCUT2D eigenvalue weighted by Crippen LogP contribution is -2.45. The molecule has 0 spiro atoms. The van der Waals surface area contributed by atoms with Gasteiger partial charge >= 0.3 is 0 Å². The Morgan fingerprint density at radius 2 is 2.29 bits per heavy atom. The quantitative estimate of drug-likeness (QED) is 0.759. The summed E-state index contributed by atoms with van der Waals surface area (Å²) in [6, 6.07) is 4.08. The molecular weight excluding hydrogens is 273 g/mol. The van der Waals surface area contributed by atoms with Crippen LogP contribution in [0.5, 0.6) is 0 Å². The minimum absolute atomic E-state index is 0.146. The molecule has 1 saturated heterocycles. The van der Waals surface area contributed by atoms with Gasteiger partial charge in [0.2, 0.25) is 0 Å². The van der Waals surface area contributed by atoms with Crippen molar-refractivity contribution in [2.75, 3.05) is 19.7 Å². The largest absolute Gasteiger partial charge is 0.391 e. The normalized spacial score (nSPS) is 21.6. The Morgan fingerprint density at radius 1 is 1.52 bits per heavy atom. The van der Waals surface area contributed by atoms with Crippen LogP contribution in [0.1, 0.15) is 29.3 Å². The molecule has 1 amide bonds. The summed E-state index contributed by atoms with van der Waals surface area (Å²) in [5.41, 5.74) is 0.386. The van der Waals surface area contributed by atoms with Crippen LogP contribution in [0.15, 0.2) is 18.2 Å². The Morgan fingerprint density at radius 3 is 2.90 bits per heavy atom. The van der Waals surface area contributed by atoms with Crippen LogP contribution in [0.25, 0.3) is 0 Å². The summed E-state index contributed by atoms with van der Waals surface area (Å²) in [6.45, 7) is 2.43. The van der Waals surface area contributed by atoms with Crippen molar-refractivity contribution in [3.05, 3.63) is 35.1 Å². The smallest absolute Gasteiger partial charge is 0.254 e. The molecule has 1 heterocycles. The maximum Gasteiger partial charge on any atom is 0.254 e. The highest BCUT2D eigenvalue weighted by molar-refractivity contribution is 5.94. The van der Waals surface area contributed by atoms with Gasteiger partial charge in [0.1, 0.15) is 12.4 Å². The lowest BCUT2D eigenvalue weighted by atomic mass is 9.95. The number of β-amino-alcohol motifs (C(OH)–C–C–N with tert-alkyl or cyclic N) is 1. The highest BCUT2D eigenvalue weighted by Gasteiger charge is 2.28. The Labute approximate surface area is 123 Å². The van der Waals surface area contributed by atoms with Crippen LogP contribution in [-0.4, -0.2) is 46.8 Å². The van der Waals surface area contributed by atoms with Gasteiger partial charge in [-0.3, -0.25) is 4.79 Å². The predicted octanol–water partition coefficient (Wildman–Crippen LogP) is 1.01. The van der Waals surface area contributed by atoms with Gasteiger partial charge in [-0.05, 0) is 30.5 Å². The number of hydrogen-bond donors (Lipinski definition) is 2. The summed E-state index contributed by atoms with van der Waals surface area (Å²) >= 11 is 0. The summed E-state index contributed by atoms with van der Waals surface area (Å²) in [6.07, 6.45) is 0.192. The van der Waals surface area contributed by atoms with Gasteiger partial charge in [0, 0.05) is 18.7 Å². The summed E-state index contributed by atoms with van der Waals surface area (Å²) in [7, 11) is 0. The Kier molecular flexibility index (Phi) is 4.94. The zero-order valence-corrected chi connectivity index (χ0v) is 11.8. The molecule has 5 heteroatoms. The number of halogens is 1. The monoisotopic (exact) mass is 291 g/mol. The zero-order valence-electron chi connectivity index (χ0n) is 11.8. The van der Waals surface area contributed by atoms with Gasteiger partial charge in [-0.2, -0.15) is 0 Å². The number of aliphatic hydroxyl groups is 2. The maximum absolute atomic E-state index is 13.8. The number of benzene rings is 1. The number of amides is 1. The van der Waals surface area contributed by atoms with Crippen molar-refractivity contribution >= 4 is 5.91 Å². The number of carbonyl (C=O) groups excluding carboxylic acids is 1. The van der Waals surface area contributed by atoms with Gasteiger partial charge in [0.25, 0.3) is 5.91 Å². The standard InChI is InChI=1S/C16H18FNO3/c1-11-6-7-18(10-15(11)20)16(21)13-5-4-12(3-2-8-19)14(17)9-13/h4-5,9,11,15,19-20H,6-8,10H2,1H3. The molecule has 0 saturated carbocycles. The molecular formula is C16H18FNO3. The zero-order chi connectivity index (χ0) is 15.4. The summed E-state index contributed by atoms with van der Waals surface area (Å²) < 4.78 is 13.8. The topological polar surface area (TPSA) is 60.8 Å². The maximum atomic E-state index is 13.8. The predicted molar refractivity (Wildman–Crippen MR) is 76.1 cm³/mol. The first kappa shape index (κ1) is 15.5. The van der Waals surface area contributed by atoms with E-state index in [1.807, 2.05) is 6.92 Å². The summed E-state index contributed by atoms with van der Waals surface area (Å²) in [5.74, 6) is 4.13. The van der Waals surface area contributed by atoms with Crippen molar-refractivity contribution in [3.63, 3.8) is 0 Å². The number of rotatable bonds is 1. The van der Waals surface area contributed by atoms with Crippen LogP contribution in [0, 0.1) is 23.6 Å². The third-order valence-corrected chi connectivity index (χ3v) is 3.72. The van der Waals surface area contributed by atoms with E-state index in [0.29, 0.717) is 6.54 Å². The van der Waals surface area contributed by atoms with Gasteiger partial charge in [-0.1, -0.05) is 18.8 Å². The molecule has 112 valence electrons. The van der Waals surface area contributed by atoms with E-state index >= 15 is 0 Å². The number of aliphatic hydroxyl groups excluding tert-OH is 2. The number of piperidine rings is 1. The van der Waals surface area contributed by atoms with Crippen LogP contribution in [0.4, 0.5) is 4.39 Å². The third-order valence-electron chi connectivity index (χ3n) is 3.72. The van der Waals surface area contributed by atoms with Gasteiger partial charge < -0.3 is 15.1 Å². The fourth-order valence-electron chi connectivity index (χ4n) is 2.30. The second kappa shape index (κ2) is 6.70. The lowest BCUT2D eigenvalue weighted by molar-refractivity contribution is 0.0248. The van der Waals surface area contributed by atoms with E-state index in [1.165, 1.54) is 12.1 Å². The number of carbonyl (C=O) groups is 1. The fourth-order valence-corrected chi connectivity index (χ4v) is 2.30. The van der Waals surface area contributed by atoms with Gasteiger partial charge in [0.05, 0.1) is 11.7 Å². The Hall–Kier alpha value is -1.90. The van der Waals surface area contributed by atoms with Gasteiger partial charge in [-0.15, -0.1) is 0 Å². The Balaban J connectivity index is 2.15. The first-order valence-electron chi connectivity index (χ1n) is 6.89. The molecule has 4 nitrogen and oxygen atoms in total. The molecule has 2 rings (SSSR count). The van der Waals surface area contributed by atoms with Crippen LogP contribution in [0.2, 0.25) is 0 Å². The number of hydrogen-bond acceptors (Lipinski definition) is 3. The lowest BCUT2D eigenvalue weighted by Gasteiger charge is -2.34. The van der Waals surface area contributed by atoms with Crippen molar-refractivity contribution in [1.82, 2.24) is 4.90 Å². The van der Waals surface area contributed by atoms with E-state index < -0.39 is 11.9 Å². The number of likely N-dealkylation sites (tertiary alicyclic amines) is 1. The van der Waals surface area contributed by atoms with Crippen molar-refractivity contribution in [3.8, 4) is 11.8 Å². The minimum atomic E-state index is -0.590. The molecule has 0 bridgehead atoms. The van der Waals surface area contributed by atoms with Crippen LogP contribution >= 0.6 is 0 Å². The summed E-state index contributed by atoms with van der Waals surface area (Å²) in [5, 5.41) is 18.4. The van der Waals surface area contributed by atoms with Crippen LogP contribution in [-0.2, 0) is 0 Å². The van der Waals surface area contributed by atoms with E-state index in [1.54, 1.807) is 4.90 Å². The molecule has 0 radical (unpaired) electrons. The van der Waals surface area contributed by atoms with Crippen LogP contribution in [0.3, 0.4) is 0 Å². The molecule has 1 fully saturated rings. The molecule has 0 aliphatic carbocycles. The molecule has 1 aliphatic heterocycles. The SMILES string of the molecule is CC1CCN(C(=O)c2ccc(C#CCO)c(F)c2)CC1O. The highest BCUT2D eigenvalue weighted by Crippen LogP contribution is 2.19. The van der Waals surface area contributed by atoms with E-state index in [9.17, 15) is 14.3 Å². The molecule has 21 heavy (non-hydrogen) atoms. The third kappa shape index (κ3) is 3.60. The molecule has 2 unspecified atom stereocenters. The minimum Gasteiger partial charge on any atom is -0.391 e. The van der Waals surface area contributed by atoms with Crippen LogP contribution < -0.4 is 0 Å². The molecule has 1 aromatic rings. The number of nitrogens with zero attached hydrogens (tertiary/aromatic N) is 1. The van der Waals surface area contributed by atoms with E-state index in [-0.39, 0.29) is 36.1 Å². The average molecular weight is 291 g/mol. The van der Waals surface area contributed by atoms with Crippen molar-refractivity contribution in [2.24, 2.45) is 5.92 Å². The van der Waals surface area contributed by atoms with Gasteiger partial charge in [-0.25, -0.2) is 4.39 Å². The molecule has 2 atom stereocenters. The second-order valence-electron chi connectivity index (χ2n) is 5.24.